The van der Waals surface area contributed by atoms with Gasteiger partial charge < -0.3 is 10.4 Å². The molecule has 0 bridgehead atoms. The van der Waals surface area contributed by atoms with Crippen LogP contribution in [0.25, 0.3) is 0 Å². The fourth-order valence-electron chi connectivity index (χ4n) is 1.93. The number of anilines is 1. The van der Waals surface area contributed by atoms with Gasteiger partial charge in [-0.05, 0) is 18.9 Å². The van der Waals surface area contributed by atoms with Gasteiger partial charge in [0.05, 0.1) is 17.4 Å². The maximum absolute atomic E-state index is 11.7. The molecule has 1 aromatic heterocycles. The lowest BCUT2D eigenvalue weighted by Gasteiger charge is -2.26. The fraction of sp³-hybridized carbons (Fsp3) is 0.417. The van der Waals surface area contributed by atoms with E-state index >= 15 is 0 Å². The van der Waals surface area contributed by atoms with Crippen molar-refractivity contribution in [2.24, 2.45) is 0 Å². The first-order chi connectivity index (χ1) is 9.15. The second-order valence-electron chi connectivity index (χ2n) is 4.38. The predicted molar refractivity (Wildman–Crippen MR) is 68.8 cm³/mol. The summed E-state index contributed by atoms with van der Waals surface area (Å²) in [6.07, 6.45) is 5.95. The zero-order valence-electron chi connectivity index (χ0n) is 10.4. The van der Waals surface area contributed by atoms with Crippen molar-refractivity contribution in [2.45, 2.75) is 19.3 Å². The number of carboxylic acid groups (broad SMARTS) is 1. The molecule has 1 fully saturated rings. The highest BCUT2D eigenvalue weighted by molar-refractivity contribution is 5.92. The maximum atomic E-state index is 11.7. The molecule has 1 aromatic rings. The van der Waals surface area contributed by atoms with E-state index in [0.717, 1.165) is 25.9 Å². The minimum atomic E-state index is -1.08. The Morgan fingerprint density at radius 1 is 1.21 bits per heavy atom. The van der Waals surface area contributed by atoms with Gasteiger partial charge in [0.15, 0.2) is 0 Å². The second-order valence-corrected chi connectivity index (χ2v) is 4.38. The van der Waals surface area contributed by atoms with Crippen LogP contribution < -0.4 is 10.7 Å². The maximum Gasteiger partial charge on any atom is 0.337 e. The normalized spacial score (nSPS) is 15.8. The number of piperidine rings is 1. The molecule has 0 unspecified atom stereocenters. The molecule has 1 aliphatic rings. The molecule has 1 saturated heterocycles. The second kappa shape index (κ2) is 6.14. The molecule has 19 heavy (non-hydrogen) atoms. The molecule has 2 amide bonds. The van der Waals surface area contributed by atoms with Crippen LogP contribution in [0.5, 0.6) is 0 Å². The van der Waals surface area contributed by atoms with Crippen molar-refractivity contribution in [3.8, 4) is 0 Å². The third-order valence-electron chi connectivity index (χ3n) is 2.86. The topological polar surface area (TPSA) is 94.6 Å². The van der Waals surface area contributed by atoms with Crippen molar-refractivity contribution in [1.82, 2.24) is 15.4 Å². The number of rotatable bonds is 3. The minimum Gasteiger partial charge on any atom is -0.478 e. The SMILES string of the molecule is O=C(Nc1cncc(C(=O)O)c1)NN1CCCCC1. The summed E-state index contributed by atoms with van der Waals surface area (Å²) >= 11 is 0. The first kappa shape index (κ1) is 13.3. The number of hydrazine groups is 1. The van der Waals surface area contributed by atoms with E-state index < -0.39 is 5.97 Å². The molecule has 0 radical (unpaired) electrons. The van der Waals surface area contributed by atoms with Gasteiger partial charge in [-0.1, -0.05) is 6.42 Å². The van der Waals surface area contributed by atoms with Crippen LogP contribution in [-0.2, 0) is 0 Å². The lowest BCUT2D eigenvalue weighted by molar-refractivity contribution is 0.0696. The Morgan fingerprint density at radius 3 is 2.63 bits per heavy atom. The number of carbonyl (C=O) groups excluding carboxylic acids is 1. The van der Waals surface area contributed by atoms with Crippen LogP contribution >= 0.6 is 0 Å². The van der Waals surface area contributed by atoms with E-state index in [9.17, 15) is 9.59 Å². The third-order valence-corrected chi connectivity index (χ3v) is 2.86. The fourth-order valence-corrected chi connectivity index (χ4v) is 1.93. The summed E-state index contributed by atoms with van der Waals surface area (Å²) in [6.45, 7) is 1.67. The van der Waals surface area contributed by atoms with Crippen LogP contribution in [0.3, 0.4) is 0 Å². The Kier molecular flexibility index (Phi) is 4.30. The molecular formula is C12H16N4O3. The standard InChI is InChI=1S/C12H16N4O3/c17-11(18)9-6-10(8-13-7-9)14-12(19)15-16-4-2-1-3-5-16/h6-8H,1-5H2,(H,17,18)(H2,14,15,19). The molecular weight excluding hydrogens is 248 g/mol. The van der Waals surface area contributed by atoms with Crippen LogP contribution in [-0.4, -0.2) is 40.2 Å². The molecule has 0 saturated carbocycles. The average Bonchev–Trinajstić information content (AvgIpc) is 2.40. The Balaban J connectivity index is 1.90. The van der Waals surface area contributed by atoms with Gasteiger partial charge >= 0.3 is 12.0 Å². The van der Waals surface area contributed by atoms with E-state index in [1.807, 2.05) is 5.01 Å². The number of urea groups is 1. The van der Waals surface area contributed by atoms with Crippen LogP contribution in [0.4, 0.5) is 10.5 Å². The van der Waals surface area contributed by atoms with E-state index in [-0.39, 0.29) is 11.6 Å². The van der Waals surface area contributed by atoms with E-state index in [1.54, 1.807) is 0 Å². The highest BCUT2D eigenvalue weighted by atomic mass is 16.4. The van der Waals surface area contributed by atoms with Gasteiger partial charge in [0.2, 0.25) is 0 Å². The summed E-state index contributed by atoms with van der Waals surface area (Å²) in [5.41, 5.74) is 3.12. The molecule has 0 aliphatic carbocycles. The van der Waals surface area contributed by atoms with Crippen molar-refractivity contribution in [1.29, 1.82) is 0 Å². The van der Waals surface area contributed by atoms with Crippen molar-refractivity contribution in [3.05, 3.63) is 24.0 Å². The van der Waals surface area contributed by atoms with Gasteiger partial charge in [-0.2, -0.15) is 0 Å². The van der Waals surface area contributed by atoms with Crippen LogP contribution in [0.15, 0.2) is 18.5 Å². The summed E-state index contributed by atoms with van der Waals surface area (Å²) in [4.78, 5) is 26.3. The number of amides is 2. The number of hydrogen-bond donors (Lipinski definition) is 3. The smallest absolute Gasteiger partial charge is 0.337 e. The Hall–Kier alpha value is -2.15. The molecule has 0 spiro atoms. The highest BCUT2D eigenvalue weighted by Crippen LogP contribution is 2.09. The summed E-state index contributed by atoms with van der Waals surface area (Å²) in [6, 6.07) is 0.983. The number of aromatic carboxylic acids is 1. The number of hydrogen-bond acceptors (Lipinski definition) is 4. The van der Waals surface area contributed by atoms with E-state index in [1.165, 1.54) is 24.9 Å². The quantitative estimate of drug-likeness (QED) is 0.765. The highest BCUT2D eigenvalue weighted by Gasteiger charge is 2.13. The number of pyridine rings is 1. The number of nitrogens with zero attached hydrogens (tertiary/aromatic N) is 2. The van der Waals surface area contributed by atoms with E-state index in [4.69, 9.17) is 5.11 Å². The van der Waals surface area contributed by atoms with Crippen LogP contribution in [0.2, 0.25) is 0 Å². The van der Waals surface area contributed by atoms with Gasteiger partial charge in [-0.25, -0.2) is 14.6 Å². The molecule has 1 aliphatic heterocycles. The third kappa shape index (κ3) is 3.92. The molecule has 102 valence electrons. The molecule has 3 N–H and O–H groups in total. The number of nitrogens with one attached hydrogen (secondary N) is 2. The Morgan fingerprint density at radius 2 is 1.95 bits per heavy atom. The number of carboxylic acids is 1. The summed E-state index contributed by atoms with van der Waals surface area (Å²) < 4.78 is 0. The average molecular weight is 264 g/mol. The molecule has 0 atom stereocenters. The Bertz CT molecular complexity index is 472. The minimum absolute atomic E-state index is 0.0378. The van der Waals surface area contributed by atoms with Gasteiger partial charge in [-0.3, -0.25) is 10.4 Å². The summed E-state index contributed by atoms with van der Waals surface area (Å²) in [7, 11) is 0. The van der Waals surface area contributed by atoms with Gasteiger partial charge in [0, 0.05) is 19.3 Å². The number of carbonyl (C=O) groups is 2. The molecule has 2 heterocycles. The molecule has 7 heteroatoms. The van der Waals surface area contributed by atoms with E-state index in [2.05, 4.69) is 15.7 Å². The molecule has 0 aromatic carbocycles. The Labute approximate surface area is 110 Å². The van der Waals surface area contributed by atoms with Crippen molar-refractivity contribution >= 4 is 17.7 Å². The molecule has 2 rings (SSSR count). The first-order valence-corrected chi connectivity index (χ1v) is 6.16. The summed E-state index contributed by atoms with van der Waals surface area (Å²) in [5, 5.41) is 13.2. The summed E-state index contributed by atoms with van der Waals surface area (Å²) in [5.74, 6) is -1.08. The monoisotopic (exact) mass is 264 g/mol. The van der Waals surface area contributed by atoms with Gasteiger partial charge in [0.25, 0.3) is 0 Å². The van der Waals surface area contributed by atoms with E-state index in [0.29, 0.717) is 5.69 Å². The lowest BCUT2D eigenvalue weighted by atomic mass is 10.2. The predicted octanol–water partition coefficient (Wildman–Crippen LogP) is 1.30. The van der Waals surface area contributed by atoms with Crippen LogP contribution in [0.1, 0.15) is 29.6 Å². The zero-order chi connectivity index (χ0) is 13.7. The van der Waals surface area contributed by atoms with Crippen molar-refractivity contribution in [3.63, 3.8) is 0 Å². The largest absolute Gasteiger partial charge is 0.478 e. The molecule has 7 nitrogen and oxygen atoms in total. The van der Waals surface area contributed by atoms with Crippen molar-refractivity contribution in [2.75, 3.05) is 18.4 Å². The van der Waals surface area contributed by atoms with Crippen LogP contribution in [0, 0.1) is 0 Å². The van der Waals surface area contributed by atoms with Gasteiger partial charge in [-0.15, -0.1) is 0 Å². The van der Waals surface area contributed by atoms with Gasteiger partial charge in [0.1, 0.15) is 0 Å². The number of aromatic nitrogens is 1. The lowest BCUT2D eigenvalue weighted by Crippen LogP contribution is -2.46. The first-order valence-electron chi connectivity index (χ1n) is 6.16. The zero-order valence-corrected chi connectivity index (χ0v) is 10.4. The van der Waals surface area contributed by atoms with Crippen molar-refractivity contribution < 1.29 is 14.7 Å².